The van der Waals surface area contributed by atoms with Crippen LogP contribution in [0.25, 0.3) is 10.9 Å². The van der Waals surface area contributed by atoms with Crippen LogP contribution < -0.4 is 4.74 Å². The van der Waals surface area contributed by atoms with Crippen molar-refractivity contribution in [3.8, 4) is 5.75 Å². The molecule has 1 aromatic heterocycles. The Morgan fingerprint density at radius 2 is 2.00 bits per heavy atom. The predicted octanol–water partition coefficient (Wildman–Crippen LogP) is 3.50. The molecule has 0 aliphatic heterocycles. The van der Waals surface area contributed by atoms with Crippen LogP contribution in [0, 0.1) is 6.07 Å². The Kier molecular flexibility index (Phi) is 2.77. The number of benzene rings is 2. The third-order valence-electron chi connectivity index (χ3n) is 3.08. The normalized spacial score (nSPS) is 10.7. The van der Waals surface area contributed by atoms with E-state index in [4.69, 9.17) is 4.74 Å². The molecule has 0 amide bonds. The number of aromatic nitrogens is 1. The lowest BCUT2D eigenvalue weighted by Crippen LogP contribution is -1.97. The first kappa shape index (κ1) is 10.9. The van der Waals surface area contributed by atoms with Gasteiger partial charge in [-0.3, -0.25) is 0 Å². The Balaban J connectivity index is 1.96. The molecule has 3 rings (SSSR count). The first-order valence-electron chi connectivity index (χ1n) is 5.95. The van der Waals surface area contributed by atoms with Crippen LogP contribution in [0.5, 0.6) is 5.75 Å². The van der Waals surface area contributed by atoms with E-state index in [1.165, 1.54) is 11.1 Å². The largest absolute Gasteiger partial charge is 0.497 e. The Morgan fingerprint density at radius 1 is 1.11 bits per heavy atom. The summed E-state index contributed by atoms with van der Waals surface area (Å²) in [6.07, 6.45) is 2.00. The van der Waals surface area contributed by atoms with Gasteiger partial charge in [0.2, 0.25) is 0 Å². The number of hydrogen-bond acceptors (Lipinski definition) is 1. The van der Waals surface area contributed by atoms with Crippen LogP contribution in [-0.2, 0) is 6.54 Å². The van der Waals surface area contributed by atoms with Gasteiger partial charge in [0.25, 0.3) is 0 Å². The van der Waals surface area contributed by atoms with Gasteiger partial charge in [0.15, 0.2) is 0 Å². The van der Waals surface area contributed by atoms with Crippen LogP contribution in [0.1, 0.15) is 5.56 Å². The molecule has 0 aliphatic rings. The summed E-state index contributed by atoms with van der Waals surface area (Å²) < 4.78 is 7.44. The lowest BCUT2D eigenvalue weighted by Gasteiger charge is -2.07. The summed E-state index contributed by atoms with van der Waals surface area (Å²) in [5.74, 6) is 0.896. The van der Waals surface area contributed by atoms with Gasteiger partial charge in [-0.05, 0) is 23.8 Å². The van der Waals surface area contributed by atoms with E-state index >= 15 is 0 Å². The standard InChI is InChI=1S/C16H14NO/c1-18-15-7-4-5-13(11-15)12-17-10-9-14-6-2-3-8-16(14)17/h2-8,10-11H,12H2,1H3. The molecule has 0 atom stereocenters. The number of hydrogen-bond donors (Lipinski definition) is 0. The number of ether oxygens (including phenoxy) is 1. The zero-order chi connectivity index (χ0) is 12.4. The second-order valence-electron chi connectivity index (χ2n) is 4.27. The highest BCUT2D eigenvalue weighted by Gasteiger charge is 2.02. The van der Waals surface area contributed by atoms with E-state index in [1.807, 2.05) is 24.4 Å². The number of fused-ring (bicyclic) bond motifs is 1. The van der Waals surface area contributed by atoms with E-state index in [9.17, 15) is 0 Å². The second-order valence-corrected chi connectivity index (χ2v) is 4.27. The molecule has 0 saturated carbocycles. The van der Waals surface area contributed by atoms with Crippen LogP contribution in [0.4, 0.5) is 0 Å². The topological polar surface area (TPSA) is 14.2 Å². The Hall–Kier alpha value is -2.22. The fourth-order valence-electron chi connectivity index (χ4n) is 2.16. The zero-order valence-electron chi connectivity index (χ0n) is 10.3. The van der Waals surface area contributed by atoms with Gasteiger partial charge in [0.05, 0.1) is 7.11 Å². The minimum Gasteiger partial charge on any atom is -0.497 e. The van der Waals surface area contributed by atoms with Gasteiger partial charge in [-0.15, -0.1) is 0 Å². The summed E-state index contributed by atoms with van der Waals surface area (Å²) in [5.41, 5.74) is 2.43. The summed E-state index contributed by atoms with van der Waals surface area (Å²) in [5, 5.41) is 1.15. The third-order valence-corrected chi connectivity index (χ3v) is 3.08. The van der Waals surface area contributed by atoms with Crippen molar-refractivity contribution in [2.24, 2.45) is 0 Å². The Labute approximate surface area is 106 Å². The van der Waals surface area contributed by atoms with Crippen molar-refractivity contribution in [1.29, 1.82) is 0 Å². The smallest absolute Gasteiger partial charge is 0.119 e. The molecule has 2 nitrogen and oxygen atoms in total. The number of nitrogens with zero attached hydrogens (tertiary/aromatic N) is 1. The maximum atomic E-state index is 5.24. The summed E-state index contributed by atoms with van der Waals surface area (Å²) in [4.78, 5) is 0. The molecule has 0 unspecified atom stereocenters. The molecule has 1 radical (unpaired) electrons. The van der Waals surface area contributed by atoms with Crippen molar-refractivity contribution >= 4 is 10.9 Å². The van der Waals surface area contributed by atoms with E-state index in [2.05, 4.69) is 41.0 Å². The third kappa shape index (κ3) is 1.97. The molecule has 0 aliphatic carbocycles. The van der Waals surface area contributed by atoms with E-state index in [0.717, 1.165) is 17.7 Å². The molecule has 0 N–H and O–H groups in total. The van der Waals surface area contributed by atoms with Crippen LogP contribution in [0.3, 0.4) is 0 Å². The first-order chi connectivity index (χ1) is 8.86. The van der Waals surface area contributed by atoms with Crippen molar-refractivity contribution in [3.05, 3.63) is 66.4 Å². The molecule has 0 fully saturated rings. The number of rotatable bonds is 3. The maximum Gasteiger partial charge on any atom is 0.119 e. The zero-order valence-corrected chi connectivity index (χ0v) is 10.3. The fourth-order valence-corrected chi connectivity index (χ4v) is 2.16. The van der Waals surface area contributed by atoms with Gasteiger partial charge in [0.1, 0.15) is 5.75 Å². The average Bonchev–Trinajstić information content (AvgIpc) is 2.83. The summed E-state index contributed by atoms with van der Waals surface area (Å²) in [6.45, 7) is 0.835. The van der Waals surface area contributed by atoms with E-state index in [1.54, 1.807) is 7.11 Å². The van der Waals surface area contributed by atoms with Crippen LogP contribution in [-0.4, -0.2) is 11.7 Å². The minimum atomic E-state index is 0.835. The molecule has 18 heavy (non-hydrogen) atoms. The number of para-hydroxylation sites is 1. The molecule has 0 spiro atoms. The van der Waals surface area contributed by atoms with E-state index in [0.29, 0.717) is 0 Å². The molecular weight excluding hydrogens is 222 g/mol. The highest BCUT2D eigenvalue weighted by Crippen LogP contribution is 2.18. The van der Waals surface area contributed by atoms with Gasteiger partial charge in [0, 0.05) is 29.7 Å². The minimum absolute atomic E-state index is 0.835. The predicted molar refractivity (Wildman–Crippen MR) is 72.9 cm³/mol. The molecule has 2 aromatic carbocycles. The highest BCUT2D eigenvalue weighted by atomic mass is 16.5. The molecular formula is C16H14NO. The van der Waals surface area contributed by atoms with Crippen molar-refractivity contribution in [2.75, 3.05) is 7.11 Å². The lowest BCUT2D eigenvalue weighted by molar-refractivity contribution is 0.414. The quantitative estimate of drug-likeness (QED) is 0.679. The second kappa shape index (κ2) is 4.57. The van der Waals surface area contributed by atoms with Crippen molar-refractivity contribution in [1.82, 2.24) is 4.57 Å². The van der Waals surface area contributed by atoms with Gasteiger partial charge < -0.3 is 9.30 Å². The summed E-state index contributed by atoms with van der Waals surface area (Å²) in [6, 6.07) is 19.7. The molecule has 0 saturated heterocycles. The van der Waals surface area contributed by atoms with Crippen molar-refractivity contribution < 1.29 is 4.74 Å². The maximum absolute atomic E-state index is 5.24. The van der Waals surface area contributed by atoms with Gasteiger partial charge in [-0.1, -0.05) is 30.3 Å². The summed E-state index contributed by atoms with van der Waals surface area (Å²) in [7, 11) is 1.69. The van der Waals surface area contributed by atoms with Crippen LogP contribution in [0.2, 0.25) is 0 Å². The summed E-state index contributed by atoms with van der Waals surface area (Å²) >= 11 is 0. The highest BCUT2D eigenvalue weighted by molar-refractivity contribution is 5.79. The molecule has 3 aromatic rings. The molecule has 0 bridgehead atoms. The first-order valence-corrected chi connectivity index (χ1v) is 5.95. The lowest BCUT2D eigenvalue weighted by atomic mass is 10.2. The van der Waals surface area contributed by atoms with Gasteiger partial charge in [-0.25, -0.2) is 0 Å². The Bertz CT molecular complexity index is 669. The molecule has 89 valence electrons. The van der Waals surface area contributed by atoms with Gasteiger partial charge in [-0.2, -0.15) is 0 Å². The molecule has 1 heterocycles. The average molecular weight is 236 g/mol. The van der Waals surface area contributed by atoms with Crippen LogP contribution >= 0.6 is 0 Å². The van der Waals surface area contributed by atoms with Crippen LogP contribution in [0.15, 0.2) is 54.7 Å². The van der Waals surface area contributed by atoms with Gasteiger partial charge >= 0.3 is 0 Å². The number of methoxy groups -OCH3 is 1. The fraction of sp³-hybridized carbons (Fsp3) is 0.125. The van der Waals surface area contributed by atoms with E-state index in [-0.39, 0.29) is 0 Å². The molecule has 2 heteroatoms. The Morgan fingerprint density at radius 3 is 2.89 bits per heavy atom. The van der Waals surface area contributed by atoms with Crippen molar-refractivity contribution in [3.63, 3.8) is 0 Å². The SMILES string of the molecule is COc1cccc(Cn2c[c]c3ccccc32)c1. The van der Waals surface area contributed by atoms with Crippen molar-refractivity contribution in [2.45, 2.75) is 6.54 Å². The monoisotopic (exact) mass is 236 g/mol. The van der Waals surface area contributed by atoms with E-state index < -0.39 is 0 Å².